The molecule has 1 heterocycles. The monoisotopic (exact) mass is 520 g/mol. The van der Waals surface area contributed by atoms with E-state index in [1.807, 2.05) is 43.9 Å². The largest absolute Gasteiger partial charge is 0.490 e. The van der Waals surface area contributed by atoms with Gasteiger partial charge in [0.2, 0.25) is 0 Å². The molecular weight excluding hydrogens is 476 g/mol. The topological polar surface area (TPSA) is 86.8 Å². The number of unbranched alkanes of at least 4 members (excludes halogenated alkanes) is 1. The summed E-state index contributed by atoms with van der Waals surface area (Å²) in [5.74, 6) is 1.29. The number of methoxy groups -OCH3 is 1. The van der Waals surface area contributed by atoms with E-state index in [0.29, 0.717) is 51.0 Å². The summed E-state index contributed by atoms with van der Waals surface area (Å²) < 4.78 is 28.4. The van der Waals surface area contributed by atoms with Crippen LogP contribution in [-0.2, 0) is 25.5 Å². The number of hydrogen-bond acceptors (Lipinski definition) is 7. The first-order chi connectivity index (χ1) is 17.7. The highest BCUT2D eigenvalue weighted by atomic mass is 16.6. The van der Waals surface area contributed by atoms with Gasteiger partial charge in [0.15, 0.2) is 17.6 Å². The molecule has 0 bridgehead atoms. The van der Waals surface area contributed by atoms with Crippen molar-refractivity contribution in [3.63, 3.8) is 0 Å². The molecule has 1 aliphatic carbocycles. The molecule has 37 heavy (non-hydrogen) atoms. The highest BCUT2D eigenvalue weighted by Gasteiger charge is 2.39. The lowest BCUT2D eigenvalue weighted by atomic mass is 10.1. The average Bonchev–Trinajstić information content (AvgIpc) is 3.70. The van der Waals surface area contributed by atoms with Gasteiger partial charge in [-0.1, -0.05) is 19.4 Å². The van der Waals surface area contributed by atoms with Gasteiger partial charge in [-0.2, -0.15) is 0 Å². The Kier molecular flexibility index (Phi) is 10.9. The summed E-state index contributed by atoms with van der Waals surface area (Å²) in [7, 11) is 1.67. The number of nitrogens with zero attached hydrogens (tertiary/aromatic N) is 2. The molecule has 9 nitrogen and oxygen atoms in total. The third-order valence-electron chi connectivity index (χ3n) is 6.13. The third-order valence-corrected chi connectivity index (χ3v) is 6.13. The van der Waals surface area contributed by atoms with Crippen molar-refractivity contribution in [2.24, 2.45) is 0 Å². The zero-order valence-corrected chi connectivity index (χ0v) is 23.1. The van der Waals surface area contributed by atoms with Crippen LogP contribution in [0.5, 0.6) is 11.5 Å². The molecule has 2 fully saturated rings. The number of morpholine rings is 1. The Morgan fingerprint density at radius 3 is 2.49 bits per heavy atom. The average molecular weight is 521 g/mol. The molecule has 2 aliphatic rings. The molecule has 3 rings (SSSR count). The smallest absolute Gasteiger partial charge is 0.410 e. The molecular formula is C28H44N2O7. The maximum absolute atomic E-state index is 13.6. The maximum atomic E-state index is 13.6. The van der Waals surface area contributed by atoms with Gasteiger partial charge in [0.1, 0.15) is 5.60 Å². The van der Waals surface area contributed by atoms with Crippen LogP contribution in [0.4, 0.5) is 4.79 Å². The highest BCUT2D eigenvalue weighted by molar-refractivity contribution is 5.83. The van der Waals surface area contributed by atoms with Gasteiger partial charge >= 0.3 is 6.09 Å². The zero-order valence-electron chi connectivity index (χ0n) is 23.1. The first kappa shape index (κ1) is 29.0. The van der Waals surface area contributed by atoms with E-state index in [1.54, 1.807) is 12.0 Å². The number of rotatable bonds is 13. The van der Waals surface area contributed by atoms with E-state index >= 15 is 0 Å². The molecule has 0 radical (unpaired) electrons. The Labute approximate surface area is 221 Å². The highest BCUT2D eigenvalue weighted by Crippen LogP contribution is 2.33. The summed E-state index contributed by atoms with van der Waals surface area (Å²) in [6, 6.07) is 6.05. The second kappa shape index (κ2) is 13.9. The Hall–Kier alpha value is -2.52. The predicted molar refractivity (Wildman–Crippen MR) is 140 cm³/mol. The number of carbonyl (C=O) groups is 2. The summed E-state index contributed by atoms with van der Waals surface area (Å²) in [4.78, 5) is 29.6. The Morgan fingerprint density at radius 1 is 1.08 bits per heavy atom. The van der Waals surface area contributed by atoms with Gasteiger partial charge in [-0.15, -0.1) is 0 Å². The minimum absolute atomic E-state index is 0.0957. The fourth-order valence-electron chi connectivity index (χ4n) is 4.04. The molecule has 0 aromatic heterocycles. The molecule has 9 heteroatoms. The Morgan fingerprint density at radius 2 is 1.81 bits per heavy atom. The molecule has 0 spiro atoms. The van der Waals surface area contributed by atoms with Gasteiger partial charge in [0, 0.05) is 39.3 Å². The van der Waals surface area contributed by atoms with E-state index < -0.39 is 17.8 Å². The summed E-state index contributed by atoms with van der Waals surface area (Å²) in [6.07, 6.45) is 3.60. The van der Waals surface area contributed by atoms with Gasteiger partial charge < -0.3 is 33.5 Å². The van der Waals surface area contributed by atoms with Gasteiger partial charge in [-0.25, -0.2) is 4.79 Å². The quantitative estimate of drug-likeness (QED) is 0.356. The van der Waals surface area contributed by atoms with E-state index in [4.69, 9.17) is 23.7 Å². The SMILES string of the molecule is CCCCOc1ccc(CN(C(=O)[C@H]2CN(C(=O)OC(C)(C)C)CCO2)C2CC2)cc1OCCCOC. The van der Waals surface area contributed by atoms with Gasteiger partial charge in [-0.05, 0) is 57.7 Å². The molecule has 208 valence electrons. The van der Waals surface area contributed by atoms with E-state index in [2.05, 4.69) is 6.92 Å². The van der Waals surface area contributed by atoms with E-state index in [9.17, 15) is 9.59 Å². The molecule has 1 aromatic carbocycles. The van der Waals surface area contributed by atoms with Crippen LogP contribution in [0.15, 0.2) is 18.2 Å². The predicted octanol–water partition coefficient (Wildman–Crippen LogP) is 4.41. The first-order valence-electron chi connectivity index (χ1n) is 13.5. The molecule has 1 saturated carbocycles. The van der Waals surface area contributed by atoms with Crippen molar-refractivity contribution in [1.29, 1.82) is 0 Å². The fraction of sp³-hybridized carbons (Fsp3) is 0.714. The number of amides is 2. The van der Waals surface area contributed by atoms with Crippen LogP contribution < -0.4 is 9.47 Å². The minimum Gasteiger partial charge on any atom is -0.490 e. The van der Waals surface area contributed by atoms with Crippen LogP contribution in [0.2, 0.25) is 0 Å². The van der Waals surface area contributed by atoms with Crippen molar-refractivity contribution in [3.05, 3.63) is 23.8 Å². The summed E-state index contributed by atoms with van der Waals surface area (Å²) in [6.45, 7) is 10.7. The molecule has 1 saturated heterocycles. The summed E-state index contributed by atoms with van der Waals surface area (Å²) >= 11 is 0. The second-order valence-electron chi connectivity index (χ2n) is 10.7. The zero-order chi connectivity index (χ0) is 26.8. The third kappa shape index (κ3) is 9.38. The van der Waals surface area contributed by atoms with Gasteiger partial charge in [0.25, 0.3) is 5.91 Å². The van der Waals surface area contributed by atoms with Crippen molar-refractivity contribution >= 4 is 12.0 Å². The van der Waals surface area contributed by atoms with Crippen LogP contribution in [0, 0.1) is 0 Å². The maximum Gasteiger partial charge on any atom is 0.410 e. The van der Waals surface area contributed by atoms with Crippen molar-refractivity contribution in [2.45, 2.75) is 84.1 Å². The van der Waals surface area contributed by atoms with Crippen molar-refractivity contribution in [3.8, 4) is 11.5 Å². The fourth-order valence-corrected chi connectivity index (χ4v) is 4.04. The standard InChI is InChI=1S/C28H44N2O7/c1-6-7-15-34-23-12-9-21(18-24(23)35-16-8-14-33-5)19-30(22-10-11-22)26(31)25-20-29(13-17-36-25)27(32)37-28(2,3)4/h9,12,18,22,25H,6-8,10-11,13-17,19-20H2,1-5H3/t25-/m1/s1. The van der Waals surface area contributed by atoms with Crippen LogP contribution >= 0.6 is 0 Å². The summed E-state index contributed by atoms with van der Waals surface area (Å²) in [5, 5.41) is 0. The number of carbonyl (C=O) groups excluding carboxylic acids is 2. The molecule has 1 aromatic rings. The number of hydrogen-bond donors (Lipinski definition) is 0. The normalized spacial score (nSPS) is 17.9. The molecule has 0 N–H and O–H groups in total. The summed E-state index contributed by atoms with van der Waals surface area (Å²) in [5.41, 5.74) is 0.370. The van der Waals surface area contributed by atoms with Crippen LogP contribution in [-0.4, -0.2) is 86.2 Å². The lowest BCUT2D eigenvalue weighted by Gasteiger charge is -2.36. The van der Waals surface area contributed by atoms with Crippen LogP contribution in [0.3, 0.4) is 0 Å². The first-order valence-corrected chi connectivity index (χ1v) is 13.5. The van der Waals surface area contributed by atoms with Gasteiger partial charge in [0.05, 0.1) is 26.4 Å². The molecule has 1 atom stereocenters. The van der Waals surface area contributed by atoms with Crippen molar-refractivity contribution in [1.82, 2.24) is 9.80 Å². The van der Waals surface area contributed by atoms with E-state index in [0.717, 1.165) is 37.7 Å². The number of ether oxygens (including phenoxy) is 5. The van der Waals surface area contributed by atoms with Gasteiger partial charge in [-0.3, -0.25) is 4.79 Å². The van der Waals surface area contributed by atoms with Crippen LogP contribution in [0.1, 0.15) is 65.4 Å². The van der Waals surface area contributed by atoms with Crippen LogP contribution in [0.25, 0.3) is 0 Å². The Bertz CT molecular complexity index is 882. The number of benzene rings is 1. The lowest BCUT2D eigenvalue weighted by molar-refractivity contribution is -0.150. The van der Waals surface area contributed by atoms with Crippen molar-refractivity contribution in [2.75, 3.05) is 46.6 Å². The molecule has 2 amide bonds. The minimum atomic E-state index is -0.705. The Balaban J connectivity index is 1.69. The van der Waals surface area contributed by atoms with E-state index in [-0.39, 0.29) is 18.5 Å². The lowest BCUT2D eigenvalue weighted by Crippen LogP contribution is -2.53. The van der Waals surface area contributed by atoms with Crippen molar-refractivity contribution < 1.29 is 33.3 Å². The van der Waals surface area contributed by atoms with E-state index in [1.165, 1.54) is 0 Å². The second-order valence-corrected chi connectivity index (χ2v) is 10.7. The molecule has 0 unspecified atom stereocenters. The molecule has 1 aliphatic heterocycles.